The van der Waals surface area contributed by atoms with E-state index in [1.807, 2.05) is 25.1 Å². The summed E-state index contributed by atoms with van der Waals surface area (Å²) in [7, 11) is 0. The number of aryl methyl sites for hydroxylation is 1. The zero-order valence-corrected chi connectivity index (χ0v) is 18.6. The van der Waals surface area contributed by atoms with Crippen LogP contribution in [0, 0.1) is 5.82 Å². The Morgan fingerprint density at radius 2 is 1.88 bits per heavy atom. The van der Waals surface area contributed by atoms with Gasteiger partial charge >= 0.3 is 0 Å². The number of amides is 2. The second-order valence-corrected chi connectivity index (χ2v) is 8.26. The van der Waals surface area contributed by atoms with Crippen molar-refractivity contribution in [2.75, 3.05) is 13.1 Å². The highest BCUT2D eigenvalue weighted by molar-refractivity contribution is 5.85. The van der Waals surface area contributed by atoms with Gasteiger partial charge in [0, 0.05) is 32.0 Å². The molecule has 0 saturated heterocycles. The summed E-state index contributed by atoms with van der Waals surface area (Å²) in [4.78, 5) is 44.3. The number of benzene rings is 2. The Morgan fingerprint density at radius 3 is 2.58 bits per heavy atom. The lowest BCUT2D eigenvalue weighted by molar-refractivity contribution is -0.135. The lowest BCUT2D eigenvalue weighted by Crippen LogP contribution is -2.40. The van der Waals surface area contributed by atoms with Crippen LogP contribution in [0.25, 0.3) is 10.9 Å². The molecule has 2 amide bonds. The fourth-order valence-electron chi connectivity index (χ4n) is 3.86. The van der Waals surface area contributed by atoms with Gasteiger partial charge in [0.2, 0.25) is 11.8 Å². The van der Waals surface area contributed by atoms with Crippen molar-refractivity contribution in [2.45, 2.75) is 45.2 Å². The third kappa shape index (κ3) is 5.45. The van der Waals surface area contributed by atoms with Crippen LogP contribution in [0.2, 0.25) is 0 Å². The van der Waals surface area contributed by atoms with Gasteiger partial charge in [0.05, 0.1) is 17.4 Å². The molecule has 0 radical (unpaired) electrons. The minimum absolute atomic E-state index is 0.0573. The summed E-state index contributed by atoms with van der Waals surface area (Å²) in [5, 5.41) is 3.35. The van der Waals surface area contributed by atoms with E-state index in [1.54, 1.807) is 22.8 Å². The van der Waals surface area contributed by atoms with Crippen LogP contribution in [0.1, 0.15) is 43.6 Å². The minimum Gasteiger partial charge on any atom is -0.350 e. The summed E-state index contributed by atoms with van der Waals surface area (Å²) in [6, 6.07) is 13.3. The largest absolute Gasteiger partial charge is 0.350 e. The number of likely N-dealkylation sites (N-methyl/N-ethyl adjacent to an activating group) is 1. The van der Waals surface area contributed by atoms with Crippen molar-refractivity contribution in [3.8, 4) is 0 Å². The van der Waals surface area contributed by atoms with Crippen molar-refractivity contribution in [3.05, 3.63) is 76.1 Å². The van der Waals surface area contributed by atoms with Gasteiger partial charge in [-0.15, -0.1) is 0 Å². The number of para-hydroxylation sites is 1. The molecule has 0 unspecified atom stereocenters. The molecule has 4 rings (SSSR count). The third-order valence-electron chi connectivity index (χ3n) is 5.83. The molecule has 172 valence electrons. The molecule has 1 N–H and O–H groups in total. The molecule has 0 bridgehead atoms. The fraction of sp³-hybridized carbons (Fsp3) is 0.360. The number of hydrogen-bond acceptors (Lipinski definition) is 4. The van der Waals surface area contributed by atoms with Crippen molar-refractivity contribution >= 4 is 22.7 Å². The van der Waals surface area contributed by atoms with Crippen molar-refractivity contribution in [2.24, 2.45) is 0 Å². The first-order valence-electron chi connectivity index (χ1n) is 11.3. The SMILES string of the molecule is CCN(CC(=O)NCc1ccc(F)cc1)C(=O)CCc1nc2ccccc2c(=O)n1C1CC1. The molecule has 1 fully saturated rings. The monoisotopic (exact) mass is 450 g/mol. The number of carbonyl (C=O) groups excluding carboxylic acids is 2. The van der Waals surface area contributed by atoms with Gasteiger partial charge in [0.1, 0.15) is 11.6 Å². The zero-order valence-electron chi connectivity index (χ0n) is 18.6. The second-order valence-electron chi connectivity index (χ2n) is 8.26. The van der Waals surface area contributed by atoms with Crippen LogP contribution in [0.4, 0.5) is 4.39 Å². The normalized spacial score (nSPS) is 13.2. The van der Waals surface area contributed by atoms with E-state index in [0.717, 1.165) is 18.4 Å². The van der Waals surface area contributed by atoms with E-state index in [1.165, 1.54) is 17.0 Å². The van der Waals surface area contributed by atoms with E-state index in [-0.39, 0.29) is 48.7 Å². The van der Waals surface area contributed by atoms with Crippen molar-refractivity contribution in [1.29, 1.82) is 0 Å². The summed E-state index contributed by atoms with van der Waals surface area (Å²) in [5.41, 5.74) is 1.35. The van der Waals surface area contributed by atoms with Gasteiger partial charge in [0.15, 0.2) is 0 Å². The first-order valence-corrected chi connectivity index (χ1v) is 11.3. The number of nitrogens with zero attached hydrogens (tertiary/aromatic N) is 3. The number of carbonyl (C=O) groups is 2. The molecule has 1 aliphatic rings. The number of hydrogen-bond donors (Lipinski definition) is 1. The molecule has 7 nitrogen and oxygen atoms in total. The molecule has 1 aliphatic carbocycles. The van der Waals surface area contributed by atoms with Gasteiger partial charge in [-0.25, -0.2) is 9.37 Å². The average Bonchev–Trinajstić information content (AvgIpc) is 3.66. The maximum Gasteiger partial charge on any atom is 0.261 e. The minimum atomic E-state index is -0.333. The average molecular weight is 451 g/mol. The van der Waals surface area contributed by atoms with E-state index < -0.39 is 0 Å². The molecule has 0 spiro atoms. The lowest BCUT2D eigenvalue weighted by Gasteiger charge is -2.21. The topological polar surface area (TPSA) is 84.3 Å². The summed E-state index contributed by atoms with van der Waals surface area (Å²) >= 11 is 0. The molecule has 0 aliphatic heterocycles. The Morgan fingerprint density at radius 1 is 1.15 bits per heavy atom. The number of nitrogens with one attached hydrogen (secondary N) is 1. The number of aromatic nitrogens is 2. The summed E-state index contributed by atoms with van der Waals surface area (Å²) in [6.45, 7) is 2.42. The van der Waals surface area contributed by atoms with Gasteiger partial charge < -0.3 is 10.2 Å². The molecule has 1 heterocycles. The summed E-state index contributed by atoms with van der Waals surface area (Å²) in [6.07, 6.45) is 2.38. The fourth-order valence-corrected chi connectivity index (χ4v) is 3.86. The molecule has 33 heavy (non-hydrogen) atoms. The van der Waals surface area contributed by atoms with Crippen molar-refractivity contribution in [3.63, 3.8) is 0 Å². The highest BCUT2D eigenvalue weighted by Gasteiger charge is 2.28. The second kappa shape index (κ2) is 9.94. The van der Waals surface area contributed by atoms with Crippen LogP contribution in [0.5, 0.6) is 0 Å². The van der Waals surface area contributed by atoms with E-state index in [4.69, 9.17) is 0 Å². The highest BCUT2D eigenvalue weighted by Crippen LogP contribution is 2.34. The number of rotatable bonds is 9. The van der Waals surface area contributed by atoms with Crippen LogP contribution in [-0.4, -0.2) is 39.4 Å². The molecule has 1 saturated carbocycles. The quantitative estimate of drug-likeness (QED) is 0.543. The van der Waals surface area contributed by atoms with E-state index in [9.17, 15) is 18.8 Å². The molecule has 8 heteroatoms. The van der Waals surface area contributed by atoms with Gasteiger partial charge in [-0.3, -0.25) is 19.0 Å². The van der Waals surface area contributed by atoms with Crippen LogP contribution in [0.15, 0.2) is 53.3 Å². The van der Waals surface area contributed by atoms with Gasteiger partial charge in [0.25, 0.3) is 5.56 Å². The Labute approximate surface area is 191 Å². The molecular formula is C25H27FN4O3. The van der Waals surface area contributed by atoms with Crippen molar-refractivity contribution in [1.82, 2.24) is 19.8 Å². The Kier molecular flexibility index (Phi) is 6.82. The molecule has 2 aromatic carbocycles. The van der Waals surface area contributed by atoms with Crippen molar-refractivity contribution < 1.29 is 14.0 Å². The maximum atomic E-state index is 13.0. The van der Waals surface area contributed by atoms with Crippen LogP contribution < -0.4 is 10.9 Å². The molecule has 0 atom stereocenters. The van der Waals surface area contributed by atoms with Crippen LogP contribution in [-0.2, 0) is 22.6 Å². The Hall–Kier alpha value is -3.55. The number of halogens is 1. The first-order chi connectivity index (χ1) is 16.0. The maximum absolute atomic E-state index is 13.0. The van der Waals surface area contributed by atoms with Crippen LogP contribution >= 0.6 is 0 Å². The van der Waals surface area contributed by atoms with Gasteiger partial charge in [-0.1, -0.05) is 24.3 Å². The van der Waals surface area contributed by atoms with Gasteiger partial charge in [-0.2, -0.15) is 0 Å². The smallest absolute Gasteiger partial charge is 0.261 e. The number of fused-ring (bicyclic) bond motifs is 1. The molecular weight excluding hydrogens is 423 g/mol. The lowest BCUT2D eigenvalue weighted by atomic mass is 10.2. The van der Waals surface area contributed by atoms with E-state index in [0.29, 0.717) is 29.7 Å². The predicted octanol–water partition coefficient (Wildman–Crippen LogP) is 2.97. The van der Waals surface area contributed by atoms with Crippen LogP contribution in [0.3, 0.4) is 0 Å². The van der Waals surface area contributed by atoms with E-state index in [2.05, 4.69) is 10.3 Å². The first kappa shape index (κ1) is 22.6. The summed E-state index contributed by atoms with van der Waals surface area (Å²) < 4.78 is 14.7. The predicted molar refractivity (Wildman–Crippen MR) is 123 cm³/mol. The van der Waals surface area contributed by atoms with E-state index >= 15 is 0 Å². The summed E-state index contributed by atoms with van der Waals surface area (Å²) in [5.74, 6) is -0.167. The van der Waals surface area contributed by atoms with Gasteiger partial charge in [-0.05, 0) is 49.6 Å². The molecule has 1 aromatic heterocycles. The molecule has 3 aromatic rings. The Bertz CT molecular complexity index is 1220. The zero-order chi connectivity index (χ0) is 23.4. The Balaban J connectivity index is 1.38. The third-order valence-corrected chi connectivity index (χ3v) is 5.83. The highest BCUT2D eigenvalue weighted by atomic mass is 19.1. The standard InChI is InChI=1S/C25H27FN4O3/c1-2-29(16-23(31)27-15-17-7-9-18(26)10-8-17)24(32)14-13-22-28-21-6-4-3-5-20(21)25(33)30(22)19-11-12-19/h3-10,19H,2,11-16H2,1H3,(H,27,31).